The molecule has 18 heavy (non-hydrogen) atoms. The van der Waals surface area contributed by atoms with Crippen LogP contribution in [0.2, 0.25) is 0 Å². The lowest BCUT2D eigenvalue weighted by atomic mass is 10.2. The fraction of sp³-hybridized carbons (Fsp3) is 0.615. The molecule has 5 nitrogen and oxygen atoms in total. The van der Waals surface area contributed by atoms with E-state index < -0.39 is 0 Å². The van der Waals surface area contributed by atoms with Crippen molar-refractivity contribution in [2.75, 3.05) is 19.7 Å². The first kappa shape index (κ1) is 14.7. The molecular formula is C13H22N2O3. The monoisotopic (exact) mass is 254 g/mol. The van der Waals surface area contributed by atoms with E-state index >= 15 is 0 Å². The average molecular weight is 254 g/mol. The predicted molar refractivity (Wildman–Crippen MR) is 69.1 cm³/mol. The average Bonchev–Trinajstić information content (AvgIpc) is 2.81. The van der Waals surface area contributed by atoms with E-state index in [0.29, 0.717) is 6.54 Å². The highest BCUT2D eigenvalue weighted by Gasteiger charge is 2.16. The van der Waals surface area contributed by atoms with Crippen LogP contribution in [0, 0.1) is 0 Å². The first-order valence-corrected chi connectivity index (χ1v) is 6.22. The van der Waals surface area contributed by atoms with Crippen LogP contribution in [0.15, 0.2) is 22.8 Å². The van der Waals surface area contributed by atoms with Gasteiger partial charge >= 0.3 is 0 Å². The molecule has 1 aromatic rings. The third-order valence-corrected chi connectivity index (χ3v) is 2.81. The predicted octanol–water partition coefficient (Wildman–Crippen LogP) is 1.16. The van der Waals surface area contributed by atoms with Gasteiger partial charge in [-0.15, -0.1) is 0 Å². The van der Waals surface area contributed by atoms with Gasteiger partial charge in [-0.3, -0.25) is 9.69 Å². The Morgan fingerprint density at radius 3 is 2.72 bits per heavy atom. The normalized spacial score (nSPS) is 13.0. The van der Waals surface area contributed by atoms with Crippen molar-refractivity contribution in [1.29, 1.82) is 0 Å². The van der Waals surface area contributed by atoms with Crippen molar-refractivity contribution in [3.05, 3.63) is 24.2 Å². The van der Waals surface area contributed by atoms with Crippen molar-refractivity contribution in [3.8, 4) is 0 Å². The fourth-order valence-electron chi connectivity index (χ4n) is 1.73. The molecule has 1 aromatic heterocycles. The Morgan fingerprint density at radius 1 is 1.50 bits per heavy atom. The number of aliphatic hydroxyl groups excluding tert-OH is 1. The Labute approximate surface area is 108 Å². The van der Waals surface area contributed by atoms with Crippen molar-refractivity contribution in [3.63, 3.8) is 0 Å². The van der Waals surface area contributed by atoms with Gasteiger partial charge in [0, 0.05) is 12.6 Å². The maximum Gasteiger partial charge on any atom is 0.234 e. The van der Waals surface area contributed by atoms with Crippen LogP contribution in [0.5, 0.6) is 0 Å². The number of amides is 1. The molecule has 1 atom stereocenters. The first-order chi connectivity index (χ1) is 8.54. The molecular weight excluding hydrogens is 232 g/mol. The Balaban J connectivity index is 2.45. The smallest absolute Gasteiger partial charge is 0.234 e. The Kier molecular flexibility index (Phi) is 5.88. The number of furan rings is 1. The van der Waals surface area contributed by atoms with Gasteiger partial charge in [0.2, 0.25) is 5.91 Å². The lowest BCUT2D eigenvalue weighted by molar-refractivity contribution is -0.123. The summed E-state index contributed by atoms with van der Waals surface area (Å²) in [5.41, 5.74) is 0. The molecule has 0 aliphatic carbocycles. The molecule has 1 unspecified atom stereocenters. The van der Waals surface area contributed by atoms with Gasteiger partial charge in [0.25, 0.3) is 0 Å². The molecule has 5 heteroatoms. The van der Waals surface area contributed by atoms with Crippen molar-refractivity contribution in [2.45, 2.75) is 32.9 Å². The highest BCUT2D eigenvalue weighted by Crippen LogP contribution is 2.12. The molecule has 1 amide bonds. The van der Waals surface area contributed by atoms with Crippen LogP contribution in [0.4, 0.5) is 0 Å². The van der Waals surface area contributed by atoms with Crippen molar-refractivity contribution < 1.29 is 14.3 Å². The lowest BCUT2D eigenvalue weighted by Crippen LogP contribution is -2.42. The van der Waals surface area contributed by atoms with E-state index in [1.165, 1.54) is 0 Å². The summed E-state index contributed by atoms with van der Waals surface area (Å²) >= 11 is 0. The van der Waals surface area contributed by atoms with Gasteiger partial charge in [-0.05, 0) is 32.9 Å². The molecule has 0 bridgehead atoms. The number of hydrogen-bond acceptors (Lipinski definition) is 4. The molecule has 0 aliphatic rings. The SMILES string of the molecule is CC(NC(=O)CN(CCO)C(C)C)c1ccco1. The zero-order valence-electron chi connectivity index (χ0n) is 11.2. The molecule has 0 saturated heterocycles. The molecule has 0 aliphatic heterocycles. The Hall–Kier alpha value is -1.33. The van der Waals surface area contributed by atoms with Crippen LogP contribution < -0.4 is 5.32 Å². The third-order valence-electron chi connectivity index (χ3n) is 2.81. The van der Waals surface area contributed by atoms with E-state index in [-0.39, 0.29) is 31.1 Å². The Bertz CT molecular complexity index is 349. The zero-order chi connectivity index (χ0) is 13.5. The van der Waals surface area contributed by atoms with E-state index in [2.05, 4.69) is 5.32 Å². The molecule has 2 N–H and O–H groups in total. The highest BCUT2D eigenvalue weighted by atomic mass is 16.3. The fourth-order valence-corrected chi connectivity index (χ4v) is 1.73. The van der Waals surface area contributed by atoms with E-state index in [0.717, 1.165) is 5.76 Å². The summed E-state index contributed by atoms with van der Waals surface area (Å²) in [7, 11) is 0. The van der Waals surface area contributed by atoms with Gasteiger partial charge in [-0.25, -0.2) is 0 Å². The molecule has 1 heterocycles. The van der Waals surface area contributed by atoms with Gasteiger partial charge in [-0.1, -0.05) is 0 Å². The second kappa shape index (κ2) is 7.18. The molecule has 0 aromatic carbocycles. The van der Waals surface area contributed by atoms with E-state index in [1.54, 1.807) is 12.3 Å². The van der Waals surface area contributed by atoms with Gasteiger partial charge in [0.15, 0.2) is 0 Å². The molecule has 0 spiro atoms. The second-order valence-corrected chi connectivity index (χ2v) is 4.59. The molecule has 102 valence electrons. The van der Waals surface area contributed by atoms with Gasteiger partial charge < -0.3 is 14.8 Å². The largest absolute Gasteiger partial charge is 0.467 e. The summed E-state index contributed by atoms with van der Waals surface area (Å²) in [6.07, 6.45) is 1.59. The topological polar surface area (TPSA) is 65.7 Å². The van der Waals surface area contributed by atoms with Crippen LogP contribution >= 0.6 is 0 Å². The summed E-state index contributed by atoms with van der Waals surface area (Å²) in [6.45, 7) is 6.71. The van der Waals surface area contributed by atoms with E-state index in [9.17, 15) is 4.79 Å². The van der Waals surface area contributed by atoms with Crippen molar-refractivity contribution >= 4 is 5.91 Å². The van der Waals surface area contributed by atoms with Gasteiger partial charge in [0.1, 0.15) is 5.76 Å². The van der Waals surface area contributed by atoms with E-state index in [1.807, 2.05) is 31.7 Å². The molecule has 0 fully saturated rings. The lowest BCUT2D eigenvalue weighted by Gasteiger charge is -2.25. The third kappa shape index (κ3) is 4.50. The standard InChI is InChI=1S/C13H22N2O3/c1-10(2)15(6-7-16)9-13(17)14-11(3)12-5-4-8-18-12/h4-5,8,10-11,16H,6-7,9H2,1-3H3,(H,14,17). The number of carbonyl (C=O) groups is 1. The van der Waals surface area contributed by atoms with Crippen LogP contribution in [-0.4, -0.2) is 41.7 Å². The number of carbonyl (C=O) groups excluding carboxylic acids is 1. The summed E-state index contributed by atoms with van der Waals surface area (Å²) in [5, 5.41) is 11.8. The first-order valence-electron chi connectivity index (χ1n) is 6.22. The number of rotatable bonds is 7. The minimum Gasteiger partial charge on any atom is -0.467 e. The second-order valence-electron chi connectivity index (χ2n) is 4.59. The molecule has 1 rings (SSSR count). The van der Waals surface area contributed by atoms with Crippen LogP contribution in [0.3, 0.4) is 0 Å². The molecule has 0 radical (unpaired) electrons. The van der Waals surface area contributed by atoms with Crippen molar-refractivity contribution in [1.82, 2.24) is 10.2 Å². The maximum atomic E-state index is 11.9. The maximum absolute atomic E-state index is 11.9. The molecule has 0 saturated carbocycles. The van der Waals surface area contributed by atoms with Crippen LogP contribution in [0.25, 0.3) is 0 Å². The number of hydrogen-bond donors (Lipinski definition) is 2. The Morgan fingerprint density at radius 2 is 2.22 bits per heavy atom. The highest BCUT2D eigenvalue weighted by molar-refractivity contribution is 5.78. The number of aliphatic hydroxyl groups is 1. The summed E-state index contributed by atoms with van der Waals surface area (Å²) in [5.74, 6) is 0.669. The summed E-state index contributed by atoms with van der Waals surface area (Å²) < 4.78 is 5.23. The van der Waals surface area contributed by atoms with Gasteiger partial charge in [0.05, 0.1) is 25.5 Å². The quantitative estimate of drug-likeness (QED) is 0.766. The number of nitrogens with one attached hydrogen (secondary N) is 1. The summed E-state index contributed by atoms with van der Waals surface area (Å²) in [6, 6.07) is 3.71. The zero-order valence-corrected chi connectivity index (χ0v) is 11.2. The summed E-state index contributed by atoms with van der Waals surface area (Å²) in [4.78, 5) is 13.8. The van der Waals surface area contributed by atoms with Crippen LogP contribution in [-0.2, 0) is 4.79 Å². The van der Waals surface area contributed by atoms with Gasteiger partial charge in [-0.2, -0.15) is 0 Å². The van der Waals surface area contributed by atoms with E-state index in [4.69, 9.17) is 9.52 Å². The minimum absolute atomic E-state index is 0.0548. The number of nitrogens with zero attached hydrogens (tertiary/aromatic N) is 1. The van der Waals surface area contributed by atoms with Crippen molar-refractivity contribution in [2.24, 2.45) is 0 Å². The minimum atomic E-state index is -0.143. The van der Waals surface area contributed by atoms with Crippen LogP contribution in [0.1, 0.15) is 32.6 Å².